The first-order valence-corrected chi connectivity index (χ1v) is 14.2. The largest absolute Gasteiger partial charge is 0.367 e. The predicted octanol–water partition coefficient (Wildman–Crippen LogP) is 5.25. The zero-order valence-corrected chi connectivity index (χ0v) is 21.1. The highest BCUT2D eigenvalue weighted by Crippen LogP contribution is 2.34. The number of H-pyrrole nitrogens is 1. The van der Waals surface area contributed by atoms with Gasteiger partial charge in [-0.2, -0.15) is 0 Å². The highest BCUT2D eigenvalue weighted by molar-refractivity contribution is 7.92. The van der Waals surface area contributed by atoms with Crippen molar-refractivity contribution in [2.24, 2.45) is 0 Å². The Morgan fingerprint density at radius 2 is 1.71 bits per heavy atom. The zero-order chi connectivity index (χ0) is 24.3. The molecule has 0 amide bonds. The molecule has 0 aliphatic carbocycles. The van der Waals surface area contributed by atoms with Crippen LogP contribution in [0.15, 0.2) is 71.6 Å². The standard InChI is InChI=1S/C28H35N3O3S/c1-34-27-17-18-28(30-27)35(32,33)26-14-8-7-12-23(26)24-16-15-22(29-24)20-31-19-9-3-6-13-25(31)21-10-4-2-5-11-21/h2,4-5,7-8,10-12,14-16,25,27-30H,3,6,9,13,17-20H2,1H3/t25-,27+,28+/m1/s1. The lowest BCUT2D eigenvalue weighted by atomic mass is 10.0. The molecule has 3 aromatic rings. The number of methoxy groups -OCH3 is 1. The first-order valence-electron chi connectivity index (χ1n) is 12.7. The van der Waals surface area contributed by atoms with Crippen LogP contribution in [-0.4, -0.2) is 43.6 Å². The van der Waals surface area contributed by atoms with Gasteiger partial charge in [0, 0.05) is 36.6 Å². The molecule has 2 aliphatic rings. The summed E-state index contributed by atoms with van der Waals surface area (Å²) in [5.74, 6) is 0. The number of nitrogens with zero attached hydrogens (tertiary/aromatic N) is 1. The average molecular weight is 494 g/mol. The van der Waals surface area contributed by atoms with Crippen LogP contribution in [0.4, 0.5) is 0 Å². The van der Waals surface area contributed by atoms with Crippen LogP contribution in [0.25, 0.3) is 11.3 Å². The summed E-state index contributed by atoms with van der Waals surface area (Å²) < 4.78 is 32.3. The Hall–Kier alpha value is -2.45. The molecule has 2 aliphatic heterocycles. The van der Waals surface area contributed by atoms with Crippen molar-refractivity contribution in [3.05, 3.63) is 78.0 Å². The summed E-state index contributed by atoms with van der Waals surface area (Å²) in [4.78, 5) is 6.47. The summed E-state index contributed by atoms with van der Waals surface area (Å²) in [6.45, 7) is 1.88. The quantitative estimate of drug-likeness (QED) is 0.470. The zero-order valence-electron chi connectivity index (χ0n) is 20.3. The maximum atomic E-state index is 13.5. The molecular weight excluding hydrogens is 458 g/mol. The van der Waals surface area contributed by atoms with Crippen LogP contribution in [0, 0.1) is 0 Å². The van der Waals surface area contributed by atoms with Gasteiger partial charge in [-0.15, -0.1) is 0 Å². The van der Waals surface area contributed by atoms with Crippen LogP contribution < -0.4 is 5.32 Å². The lowest BCUT2D eigenvalue weighted by Gasteiger charge is -2.30. The third-order valence-electron chi connectivity index (χ3n) is 7.37. The minimum atomic E-state index is -3.55. The fraction of sp³-hybridized carbons (Fsp3) is 0.429. The van der Waals surface area contributed by atoms with Crippen molar-refractivity contribution < 1.29 is 13.2 Å². The number of likely N-dealkylation sites (tertiary alicyclic amines) is 1. The molecule has 0 spiro atoms. The first kappa shape index (κ1) is 24.3. The molecule has 1 aromatic heterocycles. The molecule has 0 bridgehead atoms. The fourth-order valence-electron chi connectivity index (χ4n) is 5.52. The van der Waals surface area contributed by atoms with E-state index < -0.39 is 15.2 Å². The molecule has 5 rings (SSSR count). The van der Waals surface area contributed by atoms with E-state index in [0.29, 0.717) is 23.8 Å². The van der Waals surface area contributed by atoms with Crippen LogP contribution >= 0.6 is 0 Å². The Labute approximate surface area is 208 Å². The number of ether oxygens (including phenoxy) is 1. The second-order valence-corrected chi connectivity index (χ2v) is 11.7. The van der Waals surface area contributed by atoms with E-state index in [9.17, 15) is 8.42 Å². The SMILES string of the molecule is CO[C@H]1CC[C@H](S(=O)(=O)c2ccccc2-c2ccc(CN3CCCCC[C@@H]3c3ccccc3)[nH]2)N1. The molecule has 0 unspecified atom stereocenters. The molecule has 2 saturated heterocycles. The van der Waals surface area contributed by atoms with Gasteiger partial charge in [-0.05, 0) is 56.0 Å². The van der Waals surface area contributed by atoms with Crippen molar-refractivity contribution >= 4 is 9.84 Å². The number of nitrogens with one attached hydrogen (secondary N) is 2. The van der Waals surface area contributed by atoms with Crippen LogP contribution in [-0.2, 0) is 21.1 Å². The van der Waals surface area contributed by atoms with Crippen LogP contribution in [0.5, 0.6) is 0 Å². The molecule has 6 nitrogen and oxygen atoms in total. The van der Waals surface area contributed by atoms with E-state index in [1.165, 1.54) is 24.8 Å². The summed E-state index contributed by atoms with van der Waals surface area (Å²) in [5, 5.41) is 2.48. The minimum Gasteiger partial charge on any atom is -0.367 e. The molecule has 0 saturated carbocycles. The highest BCUT2D eigenvalue weighted by Gasteiger charge is 2.36. The van der Waals surface area contributed by atoms with Crippen LogP contribution in [0.3, 0.4) is 0 Å². The molecule has 3 atom stereocenters. The molecule has 2 aromatic carbocycles. The van der Waals surface area contributed by atoms with Gasteiger partial charge < -0.3 is 9.72 Å². The Bertz CT molecular complexity index is 1230. The van der Waals surface area contributed by atoms with Gasteiger partial charge in [0.15, 0.2) is 9.84 Å². The average Bonchev–Trinajstić information content (AvgIpc) is 3.51. The number of aromatic nitrogens is 1. The lowest BCUT2D eigenvalue weighted by Crippen LogP contribution is -2.36. The number of hydrogen-bond acceptors (Lipinski definition) is 5. The van der Waals surface area contributed by atoms with E-state index in [2.05, 4.69) is 51.6 Å². The predicted molar refractivity (Wildman–Crippen MR) is 138 cm³/mol. The van der Waals surface area contributed by atoms with Gasteiger partial charge in [-0.25, -0.2) is 8.42 Å². The van der Waals surface area contributed by atoms with E-state index in [0.717, 1.165) is 36.5 Å². The number of aromatic amines is 1. The van der Waals surface area contributed by atoms with Gasteiger partial charge >= 0.3 is 0 Å². The van der Waals surface area contributed by atoms with Crippen molar-refractivity contribution in [3.8, 4) is 11.3 Å². The third kappa shape index (κ3) is 5.23. The Kier molecular flexibility index (Phi) is 7.39. The van der Waals surface area contributed by atoms with Gasteiger partial charge in [-0.1, -0.05) is 61.4 Å². The smallest absolute Gasteiger partial charge is 0.194 e. The second kappa shape index (κ2) is 10.7. The number of benzene rings is 2. The monoisotopic (exact) mass is 493 g/mol. The topological polar surface area (TPSA) is 74.4 Å². The second-order valence-electron chi connectivity index (χ2n) is 9.64. The maximum absolute atomic E-state index is 13.5. The van der Waals surface area contributed by atoms with Gasteiger partial charge in [0.05, 0.1) is 4.90 Å². The number of hydrogen-bond donors (Lipinski definition) is 2. The molecule has 35 heavy (non-hydrogen) atoms. The Balaban J connectivity index is 1.39. The third-order valence-corrected chi connectivity index (χ3v) is 9.46. The molecule has 186 valence electrons. The Morgan fingerprint density at radius 1 is 0.914 bits per heavy atom. The summed E-state index contributed by atoms with van der Waals surface area (Å²) in [6.07, 6.45) is 5.89. The summed E-state index contributed by atoms with van der Waals surface area (Å²) >= 11 is 0. The fourth-order valence-corrected chi connectivity index (χ4v) is 7.35. The van der Waals surface area contributed by atoms with Gasteiger partial charge in [0.25, 0.3) is 0 Å². The van der Waals surface area contributed by atoms with E-state index in [1.54, 1.807) is 19.2 Å². The number of rotatable bonds is 7. The summed E-state index contributed by atoms with van der Waals surface area (Å²) in [5.41, 5.74) is 4.04. The molecule has 7 heteroatoms. The van der Waals surface area contributed by atoms with E-state index in [-0.39, 0.29) is 6.23 Å². The molecule has 3 heterocycles. The first-order chi connectivity index (χ1) is 17.1. The van der Waals surface area contributed by atoms with Crippen molar-refractivity contribution in [2.45, 2.75) is 67.6 Å². The summed E-state index contributed by atoms with van der Waals surface area (Å²) in [6, 6.07) is 22.6. The van der Waals surface area contributed by atoms with Gasteiger partial charge in [0.2, 0.25) is 0 Å². The van der Waals surface area contributed by atoms with Crippen LogP contribution in [0.2, 0.25) is 0 Å². The maximum Gasteiger partial charge on any atom is 0.194 e. The van der Waals surface area contributed by atoms with E-state index >= 15 is 0 Å². The number of sulfone groups is 1. The molecule has 2 N–H and O–H groups in total. The van der Waals surface area contributed by atoms with Crippen molar-refractivity contribution in [3.63, 3.8) is 0 Å². The van der Waals surface area contributed by atoms with Crippen molar-refractivity contribution in [1.82, 2.24) is 15.2 Å². The van der Waals surface area contributed by atoms with Crippen molar-refractivity contribution in [2.75, 3.05) is 13.7 Å². The lowest BCUT2D eigenvalue weighted by molar-refractivity contribution is 0.0898. The van der Waals surface area contributed by atoms with Crippen LogP contribution in [0.1, 0.15) is 55.8 Å². The molecule has 2 fully saturated rings. The van der Waals surface area contributed by atoms with E-state index in [1.807, 2.05) is 18.2 Å². The van der Waals surface area contributed by atoms with Crippen molar-refractivity contribution in [1.29, 1.82) is 0 Å². The highest BCUT2D eigenvalue weighted by atomic mass is 32.2. The minimum absolute atomic E-state index is 0.217. The molecule has 0 radical (unpaired) electrons. The normalized spacial score (nSPS) is 23.9. The van der Waals surface area contributed by atoms with Gasteiger partial charge in [-0.3, -0.25) is 10.2 Å². The molecular formula is C28H35N3O3S. The van der Waals surface area contributed by atoms with E-state index in [4.69, 9.17) is 4.74 Å². The summed E-state index contributed by atoms with van der Waals surface area (Å²) in [7, 11) is -1.94. The van der Waals surface area contributed by atoms with Gasteiger partial charge in [0.1, 0.15) is 11.6 Å². The Morgan fingerprint density at radius 3 is 2.51 bits per heavy atom.